The number of nitrogens with two attached hydrogens (primary N) is 1. The third-order valence-electron chi connectivity index (χ3n) is 2.85. The van der Waals surface area contributed by atoms with Crippen molar-refractivity contribution in [2.45, 2.75) is 11.4 Å². The molecule has 0 amide bonds. The van der Waals surface area contributed by atoms with Crippen LogP contribution in [0.4, 0.5) is 5.82 Å². The largest absolute Gasteiger partial charge is 0.384 e. The highest BCUT2D eigenvalue weighted by atomic mass is 32.2. The number of nitrogen functional groups attached to an aromatic ring is 1. The molecular formula is C14H14N4O2S. The smallest absolute Gasteiger partial charge is 0.245 e. The number of benzene rings is 1. The lowest BCUT2D eigenvalue weighted by molar-refractivity contribution is 0.441. The van der Waals surface area contributed by atoms with Crippen LogP contribution in [0.3, 0.4) is 0 Å². The first kappa shape index (κ1) is 15.0. The Morgan fingerprint density at radius 1 is 1.19 bits per heavy atom. The molecule has 108 valence electrons. The Morgan fingerprint density at radius 2 is 1.90 bits per heavy atom. The Morgan fingerprint density at radius 3 is 2.48 bits per heavy atom. The van der Waals surface area contributed by atoms with Crippen LogP contribution in [-0.4, -0.2) is 24.3 Å². The molecule has 0 unspecified atom stereocenters. The zero-order chi connectivity index (χ0) is 15.3. The standard InChI is InChI=1S/C14H14N4O2S/c15-8-9-18(11-12-4-2-1-3-5-12)21(19,20)13-6-7-14(16)17-10-13/h1-7,10H,9,11H2,(H2,16,17). The van der Waals surface area contributed by atoms with Crippen molar-refractivity contribution >= 4 is 15.8 Å². The molecule has 0 spiro atoms. The van der Waals surface area contributed by atoms with Crippen molar-refractivity contribution in [1.29, 1.82) is 5.26 Å². The quantitative estimate of drug-likeness (QED) is 0.841. The summed E-state index contributed by atoms with van der Waals surface area (Å²) in [5, 5.41) is 8.88. The molecule has 6 nitrogen and oxygen atoms in total. The van der Waals surface area contributed by atoms with Crippen LogP contribution < -0.4 is 5.73 Å². The number of pyridine rings is 1. The normalized spacial score (nSPS) is 11.2. The van der Waals surface area contributed by atoms with E-state index in [0.717, 1.165) is 9.87 Å². The van der Waals surface area contributed by atoms with Gasteiger partial charge in [-0.25, -0.2) is 13.4 Å². The number of rotatable bonds is 5. The first-order chi connectivity index (χ1) is 10.0. The average molecular weight is 302 g/mol. The first-order valence-electron chi connectivity index (χ1n) is 6.16. The van der Waals surface area contributed by atoms with Crippen molar-refractivity contribution in [2.24, 2.45) is 0 Å². The molecule has 0 aliphatic heterocycles. The molecule has 0 aliphatic carbocycles. The van der Waals surface area contributed by atoms with Gasteiger partial charge in [-0.2, -0.15) is 9.57 Å². The number of anilines is 1. The monoisotopic (exact) mass is 302 g/mol. The number of nitrogens with zero attached hydrogens (tertiary/aromatic N) is 3. The molecule has 2 rings (SSSR count). The number of aromatic nitrogens is 1. The summed E-state index contributed by atoms with van der Waals surface area (Å²) in [5.74, 6) is 0.240. The van der Waals surface area contributed by atoms with E-state index in [9.17, 15) is 8.42 Å². The van der Waals surface area contributed by atoms with Gasteiger partial charge in [0.25, 0.3) is 0 Å². The zero-order valence-corrected chi connectivity index (χ0v) is 12.0. The molecule has 0 radical (unpaired) electrons. The molecule has 7 heteroatoms. The minimum atomic E-state index is -3.79. The van der Waals surface area contributed by atoms with Gasteiger partial charge in [0.1, 0.15) is 17.3 Å². The molecular weight excluding hydrogens is 288 g/mol. The molecule has 0 fully saturated rings. The van der Waals surface area contributed by atoms with E-state index in [1.807, 2.05) is 24.3 Å². The Hall–Kier alpha value is -2.43. The molecule has 1 aromatic carbocycles. The van der Waals surface area contributed by atoms with E-state index in [-0.39, 0.29) is 23.8 Å². The van der Waals surface area contributed by atoms with Gasteiger partial charge in [0.05, 0.1) is 6.07 Å². The van der Waals surface area contributed by atoms with Crippen LogP contribution in [-0.2, 0) is 16.6 Å². The molecule has 21 heavy (non-hydrogen) atoms. The Balaban J connectivity index is 2.32. The van der Waals surface area contributed by atoms with E-state index >= 15 is 0 Å². The fourth-order valence-electron chi connectivity index (χ4n) is 1.79. The van der Waals surface area contributed by atoms with Crippen LogP contribution in [0.2, 0.25) is 0 Å². The third-order valence-corrected chi connectivity index (χ3v) is 4.62. The SMILES string of the molecule is N#CCN(Cc1ccccc1)S(=O)(=O)c1ccc(N)nc1. The van der Waals surface area contributed by atoms with Crippen molar-refractivity contribution in [2.75, 3.05) is 12.3 Å². The van der Waals surface area contributed by atoms with Crippen LogP contribution in [0, 0.1) is 11.3 Å². The summed E-state index contributed by atoms with van der Waals surface area (Å²) in [6.45, 7) is -0.108. The lowest BCUT2D eigenvalue weighted by Gasteiger charge is -2.19. The maximum atomic E-state index is 12.5. The van der Waals surface area contributed by atoms with Gasteiger partial charge in [-0.3, -0.25) is 0 Å². The maximum absolute atomic E-state index is 12.5. The van der Waals surface area contributed by atoms with Crippen molar-refractivity contribution in [3.63, 3.8) is 0 Å². The van der Waals surface area contributed by atoms with Crippen molar-refractivity contribution in [3.8, 4) is 6.07 Å². The Bertz CT molecular complexity index is 737. The molecule has 0 aliphatic rings. The van der Waals surface area contributed by atoms with Crippen LogP contribution >= 0.6 is 0 Å². The fraction of sp³-hybridized carbons (Fsp3) is 0.143. The molecule has 2 aromatic rings. The highest BCUT2D eigenvalue weighted by Crippen LogP contribution is 2.18. The van der Waals surface area contributed by atoms with Gasteiger partial charge in [0, 0.05) is 12.7 Å². The molecule has 2 N–H and O–H groups in total. The molecule has 1 heterocycles. The van der Waals surface area contributed by atoms with Gasteiger partial charge in [0.15, 0.2) is 0 Å². The van der Waals surface area contributed by atoms with Gasteiger partial charge in [-0.05, 0) is 17.7 Å². The van der Waals surface area contributed by atoms with E-state index in [1.165, 1.54) is 18.3 Å². The molecule has 0 bridgehead atoms. The minimum absolute atomic E-state index is 0.0166. The first-order valence-corrected chi connectivity index (χ1v) is 7.60. The van der Waals surface area contributed by atoms with Crippen LogP contribution in [0.1, 0.15) is 5.56 Å². The van der Waals surface area contributed by atoms with Gasteiger partial charge >= 0.3 is 0 Å². The summed E-state index contributed by atoms with van der Waals surface area (Å²) in [6, 6.07) is 13.8. The molecule has 0 atom stereocenters. The fourth-order valence-corrected chi connectivity index (χ4v) is 3.06. The number of nitriles is 1. The van der Waals surface area contributed by atoms with Gasteiger partial charge in [0.2, 0.25) is 10.0 Å². The Kier molecular flexibility index (Phi) is 4.52. The topological polar surface area (TPSA) is 100 Å². The second-order valence-corrected chi connectivity index (χ2v) is 6.27. The second-order valence-electron chi connectivity index (χ2n) is 4.34. The summed E-state index contributed by atoms with van der Waals surface area (Å²) in [5.41, 5.74) is 6.26. The predicted molar refractivity (Wildman–Crippen MR) is 78.3 cm³/mol. The zero-order valence-electron chi connectivity index (χ0n) is 11.2. The van der Waals surface area contributed by atoms with Crippen LogP contribution in [0.25, 0.3) is 0 Å². The lowest BCUT2D eigenvalue weighted by Crippen LogP contribution is -2.31. The summed E-state index contributed by atoms with van der Waals surface area (Å²) in [6.07, 6.45) is 1.19. The van der Waals surface area contributed by atoms with Crippen molar-refractivity contribution in [1.82, 2.24) is 9.29 Å². The number of sulfonamides is 1. The van der Waals surface area contributed by atoms with E-state index in [0.29, 0.717) is 0 Å². The predicted octanol–water partition coefficient (Wildman–Crippen LogP) is 1.38. The summed E-state index contributed by atoms with van der Waals surface area (Å²) in [7, 11) is -3.79. The highest BCUT2D eigenvalue weighted by Gasteiger charge is 2.24. The summed E-state index contributed by atoms with van der Waals surface area (Å²) in [4.78, 5) is 3.80. The van der Waals surface area contributed by atoms with Crippen molar-refractivity contribution in [3.05, 3.63) is 54.2 Å². The van der Waals surface area contributed by atoms with E-state index < -0.39 is 10.0 Å². The second kappa shape index (κ2) is 6.35. The molecule has 0 saturated carbocycles. The van der Waals surface area contributed by atoms with Gasteiger partial charge in [-0.1, -0.05) is 30.3 Å². The number of hydrogen-bond acceptors (Lipinski definition) is 5. The van der Waals surface area contributed by atoms with E-state index in [4.69, 9.17) is 11.0 Å². The van der Waals surface area contributed by atoms with E-state index in [2.05, 4.69) is 4.98 Å². The van der Waals surface area contributed by atoms with Crippen molar-refractivity contribution < 1.29 is 8.42 Å². The summed E-state index contributed by atoms with van der Waals surface area (Å²) >= 11 is 0. The van der Waals surface area contributed by atoms with Gasteiger partial charge < -0.3 is 5.73 Å². The number of hydrogen-bond donors (Lipinski definition) is 1. The van der Waals surface area contributed by atoms with Crippen LogP contribution in [0.5, 0.6) is 0 Å². The molecule has 0 saturated heterocycles. The Labute approximate surface area is 123 Å². The lowest BCUT2D eigenvalue weighted by atomic mass is 10.2. The summed E-state index contributed by atoms with van der Waals surface area (Å²) < 4.78 is 26.2. The average Bonchev–Trinajstić information content (AvgIpc) is 2.48. The third kappa shape index (κ3) is 3.56. The molecule has 1 aromatic heterocycles. The minimum Gasteiger partial charge on any atom is -0.384 e. The van der Waals surface area contributed by atoms with Crippen LogP contribution in [0.15, 0.2) is 53.6 Å². The van der Waals surface area contributed by atoms with Gasteiger partial charge in [-0.15, -0.1) is 0 Å². The maximum Gasteiger partial charge on any atom is 0.245 e. The van der Waals surface area contributed by atoms with E-state index in [1.54, 1.807) is 12.1 Å². The highest BCUT2D eigenvalue weighted by molar-refractivity contribution is 7.89.